The molecule has 0 aliphatic carbocycles. The number of piperazine rings is 1. The van der Waals surface area contributed by atoms with Crippen molar-refractivity contribution in [3.05, 3.63) is 65.7 Å². The third-order valence-corrected chi connectivity index (χ3v) is 6.83. The fourth-order valence-corrected chi connectivity index (χ4v) is 4.70. The normalized spacial score (nSPS) is 15.8. The van der Waals surface area contributed by atoms with E-state index in [0.717, 1.165) is 49.3 Å². The summed E-state index contributed by atoms with van der Waals surface area (Å²) < 4.78 is 1.97. The first-order valence-electron chi connectivity index (χ1n) is 10.7. The van der Waals surface area contributed by atoms with Crippen LogP contribution in [0.1, 0.15) is 18.1 Å². The van der Waals surface area contributed by atoms with Gasteiger partial charge in [-0.25, -0.2) is 0 Å². The number of benzene rings is 2. The topological polar surface area (TPSA) is 54.3 Å². The number of hydrogen-bond acceptors (Lipinski definition) is 5. The van der Waals surface area contributed by atoms with Crippen LogP contribution in [0, 0.1) is 6.92 Å². The quantitative estimate of drug-likeness (QED) is 0.554. The Morgan fingerprint density at radius 3 is 2.35 bits per heavy atom. The average molecular weight is 436 g/mol. The van der Waals surface area contributed by atoms with Crippen molar-refractivity contribution in [3.8, 4) is 11.4 Å². The summed E-state index contributed by atoms with van der Waals surface area (Å²) in [6, 6.07) is 18.7. The molecule has 0 radical (unpaired) electrons. The van der Waals surface area contributed by atoms with Crippen molar-refractivity contribution < 1.29 is 4.79 Å². The van der Waals surface area contributed by atoms with Crippen LogP contribution < -0.4 is 0 Å². The maximum absolute atomic E-state index is 13.0. The molecule has 0 unspecified atom stereocenters. The van der Waals surface area contributed by atoms with Gasteiger partial charge in [-0.1, -0.05) is 71.9 Å². The molecule has 1 amide bonds. The molecular formula is C24H29N5OS. The maximum atomic E-state index is 13.0. The molecule has 4 rings (SSSR count). The van der Waals surface area contributed by atoms with Gasteiger partial charge in [0, 0.05) is 45.3 Å². The summed E-state index contributed by atoms with van der Waals surface area (Å²) in [4.78, 5) is 17.4. The molecule has 2 aromatic carbocycles. The smallest absolute Gasteiger partial charge is 0.235 e. The van der Waals surface area contributed by atoms with E-state index in [1.807, 2.05) is 29.5 Å². The Kier molecular flexibility index (Phi) is 6.73. The van der Waals surface area contributed by atoms with Crippen LogP contribution in [0.5, 0.6) is 0 Å². The second kappa shape index (κ2) is 9.66. The van der Waals surface area contributed by atoms with Crippen molar-refractivity contribution >= 4 is 17.7 Å². The zero-order chi connectivity index (χ0) is 21.8. The fraction of sp³-hybridized carbons (Fsp3) is 0.375. The van der Waals surface area contributed by atoms with Gasteiger partial charge in [0.25, 0.3) is 0 Å². The number of amides is 1. The minimum atomic E-state index is -0.200. The van der Waals surface area contributed by atoms with Crippen LogP contribution in [0.25, 0.3) is 11.4 Å². The van der Waals surface area contributed by atoms with Gasteiger partial charge in [0.1, 0.15) is 0 Å². The Labute approximate surface area is 188 Å². The van der Waals surface area contributed by atoms with E-state index in [2.05, 4.69) is 70.6 Å². The molecule has 1 fully saturated rings. The van der Waals surface area contributed by atoms with Crippen LogP contribution in [0.3, 0.4) is 0 Å². The first-order valence-corrected chi connectivity index (χ1v) is 11.6. The van der Waals surface area contributed by atoms with Crippen molar-refractivity contribution in [3.63, 3.8) is 0 Å². The molecule has 6 nitrogen and oxygen atoms in total. The summed E-state index contributed by atoms with van der Waals surface area (Å²) in [6.07, 6.45) is 0. The third kappa shape index (κ3) is 5.17. The molecule has 162 valence electrons. The van der Waals surface area contributed by atoms with E-state index in [9.17, 15) is 4.79 Å². The Balaban J connectivity index is 1.32. The van der Waals surface area contributed by atoms with Crippen LogP contribution in [0.15, 0.2) is 59.8 Å². The van der Waals surface area contributed by atoms with Crippen LogP contribution >= 0.6 is 11.8 Å². The average Bonchev–Trinajstić information content (AvgIpc) is 3.15. The van der Waals surface area contributed by atoms with E-state index in [-0.39, 0.29) is 11.2 Å². The van der Waals surface area contributed by atoms with Gasteiger partial charge in [0.2, 0.25) is 5.91 Å². The summed E-state index contributed by atoms with van der Waals surface area (Å²) >= 11 is 1.48. The Bertz CT molecular complexity index is 1010. The second-order valence-corrected chi connectivity index (χ2v) is 9.39. The van der Waals surface area contributed by atoms with E-state index < -0.39 is 0 Å². The molecule has 7 heteroatoms. The number of aryl methyl sites for hydroxylation is 1. The number of rotatable bonds is 6. The van der Waals surface area contributed by atoms with Crippen molar-refractivity contribution in [1.29, 1.82) is 0 Å². The highest BCUT2D eigenvalue weighted by Gasteiger charge is 2.27. The van der Waals surface area contributed by atoms with Gasteiger partial charge in [-0.3, -0.25) is 9.69 Å². The van der Waals surface area contributed by atoms with Gasteiger partial charge >= 0.3 is 0 Å². The molecule has 1 aromatic heterocycles. The monoisotopic (exact) mass is 435 g/mol. The van der Waals surface area contributed by atoms with Crippen molar-refractivity contribution in [2.75, 3.05) is 26.2 Å². The molecule has 1 atom stereocenters. The summed E-state index contributed by atoms with van der Waals surface area (Å²) in [5.74, 6) is 0.987. The number of nitrogens with zero attached hydrogens (tertiary/aromatic N) is 5. The zero-order valence-electron chi connectivity index (χ0n) is 18.4. The van der Waals surface area contributed by atoms with E-state index >= 15 is 0 Å². The van der Waals surface area contributed by atoms with Gasteiger partial charge < -0.3 is 9.47 Å². The summed E-state index contributed by atoms with van der Waals surface area (Å²) in [5.41, 5.74) is 3.56. The van der Waals surface area contributed by atoms with Gasteiger partial charge in [0.05, 0.1) is 5.25 Å². The predicted octanol–water partition coefficient (Wildman–Crippen LogP) is 3.62. The fourth-order valence-electron chi connectivity index (χ4n) is 3.81. The molecule has 1 aliphatic heterocycles. The van der Waals surface area contributed by atoms with Crippen LogP contribution in [0.2, 0.25) is 0 Å². The molecule has 0 N–H and O–H groups in total. The first-order chi connectivity index (χ1) is 15.0. The molecule has 2 heterocycles. The predicted molar refractivity (Wildman–Crippen MR) is 125 cm³/mol. The SMILES string of the molecule is Cc1ccc(-c2nnc(S[C@H](C)C(=O)N3CCN(Cc4ccccc4)CC3)n2C)cc1. The largest absolute Gasteiger partial charge is 0.339 e. The van der Waals surface area contributed by atoms with Crippen LogP contribution in [0.4, 0.5) is 0 Å². The maximum Gasteiger partial charge on any atom is 0.235 e. The van der Waals surface area contributed by atoms with E-state index in [1.54, 1.807) is 0 Å². The molecule has 3 aromatic rings. The lowest BCUT2D eigenvalue weighted by atomic mass is 10.1. The van der Waals surface area contributed by atoms with Gasteiger partial charge in [0.15, 0.2) is 11.0 Å². The lowest BCUT2D eigenvalue weighted by molar-refractivity contribution is -0.132. The van der Waals surface area contributed by atoms with E-state index in [0.29, 0.717) is 0 Å². The summed E-state index contributed by atoms with van der Waals surface area (Å²) in [7, 11) is 1.96. The molecule has 31 heavy (non-hydrogen) atoms. The van der Waals surface area contributed by atoms with Crippen LogP contribution in [-0.2, 0) is 18.4 Å². The third-order valence-electron chi connectivity index (χ3n) is 5.71. The van der Waals surface area contributed by atoms with Crippen LogP contribution in [-0.4, -0.2) is 61.9 Å². The Hall–Kier alpha value is -2.64. The van der Waals surface area contributed by atoms with Gasteiger partial charge in [-0.2, -0.15) is 0 Å². The molecule has 0 bridgehead atoms. The van der Waals surface area contributed by atoms with Gasteiger partial charge in [-0.15, -0.1) is 10.2 Å². The standard InChI is InChI=1S/C24H29N5OS/c1-18-9-11-21(12-10-18)22-25-26-24(27(22)3)31-19(2)23(30)29-15-13-28(14-16-29)17-20-7-5-4-6-8-20/h4-12,19H,13-17H2,1-3H3/t19-/m1/s1. The van der Waals surface area contributed by atoms with Crippen molar-refractivity contribution in [2.45, 2.75) is 30.8 Å². The van der Waals surface area contributed by atoms with Gasteiger partial charge in [-0.05, 0) is 19.4 Å². The molecular weight excluding hydrogens is 406 g/mol. The lowest BCUT2D eigenvalue weighted by Crippen LogP contribution is -2.50. The highest BCUT2D eigenvalue weighted by atomic mass is 32.2. The van der Waals surface area contributed by atoms with E-state index in [1.165, 1.54) is 22.9 Å². The lowest BCUT2D eigenvalue weighted by Gasteiger charge is -2.35. The minimum Gasteiger partial charge on any atom is -0.339 e. The number of thioether (sulfide) groups is 1. The summed E-state index contributed by atoms with van der Waals surface area (Å²) in [5, 5.41) is 9.25. The van der Waals surface area contributed by atoms with E-state index in [4.69, 9.17) is 0 Å². The summed E-state index contributed by atoms with van der Waals surface area (Å²) in [6.45, 7) is 8.31. The van der Waals surface area contributed by atoms with Crippen molar-refractivity contribution in [2.24, 2.45) is 7.05 Å². The zero-order valence-corrected chi connectivity index (χ0v) is 19.2. The Morgan fingerprint density at radius 2 is 1.68 bits per heavy atom. The second-order valence-electron chi connectivity index (χ2n) is 8.08. The molecule has 0 spiro atoms. The minimum absolute atomic E-state index is 0.171. The van der Waals surface area contributed by atoms with Crippen molar-refractivity contribution in [1.82, 2.24) is 24.6 Å². The molecule has 1 saturated heterocycles. The molecule has 0 saturated carbocycles. The number of aromatic nitrogens is 3. The highest BCUT2D eigenvalue weighted by Crippen LogP contribution is 2.27. The highest BCUT2D eigenvalue weighted by molar-refractivity contribution is 8.00. The first kappa shape index (κ1) is 21.6. The number of carbonyl (C=O) groups is 1. The Morgan fingerprint density at radius 1 is 1.00 bits per heavy atom. The number of hydrogen-bond donors (Lipinski definition) is 0. The molecule has 1 aliphatic rings. The number of carbonyl (C=O) groups excluding carboxylic acids is 1.